The average molecular weight is 291 g/mol. The van der Waals surface area contributed by atoms with Crippen molar-refractivity contribution >= 4 is 27.7 Å². The number of thioether (sulfide) groups is 1. The molecule has 0 aromatic carbocycles. The van der Waals surface area contributed by atoms with E-state index in [-0.39, 0.29) is 0 Å². The van der Waals surface area contributed by atoms with Crippen LogP contribution in [0.15, 0.2) is 11.1 Å². The van der Waals surface area contributed by atoms with Crippen molar-refractivity contribution in [3.05, 3.63) is 11.8 Å². The molecule has 0 bridgehead atoms. The molecule has 0 saturated heterocycles. The molecule has 15 heavy (non-hydrogen) atoms. The van der Waals surface area contributed by atoms with Crippen molar-refractivity contribution in [2.45, 2.75) is 31.7 Å². The summed E-state index contributed by atoms with van der Waals surface area (Å²) in [6.45, 7) is 4.35. The molecule has 0 amide bonds. The molecular weight excluding hydrogens is 272 g/mol. The van der Waals surface area contributed by atoms with Crippen LogP contribution in [-0.2, 0) is 7.05 Å². The van der Waals surface area contributed by atoms with Gasteiger partial charge >= 0.3 is 0 Å². The van der Waals surface area contributed by atoms with Gasteiger partial charge in [0.2, 0.25) is 0 Å². The molecule has 4 heteroatoms. The number of nitrogens with zero attached hydrogens (tertiary/aromatic N) is 2. The van der Waals surface area contributed by atoms with Gasteiger partial charge in [0.25, 0.3) is 0 Å². The van der Waals surface area contributed by atoms with Crippen molar-refractivity contribution in [3.63, 3.8) is 0 Å². The number of aryl methyl sites for hydroxylation is 2. The van der Waals surface area contributed by atoms with Crippen LogP contribution in [0, 0.1) is 12.8 Å². The van der Waals surface area contributed by atoms with Crippen LogP contribution in [-0.4, -0.2) is 20.9 Å². The van der Waals surface area contributed by atoms with Crippen LogP contribution in [0.1, 0.15) is 25.5 Å². The van der Waals surface area contributed by atoms with Gasteiger partial charge in [-0.1, -0.05) is 22.9 Å². The Kier molecular flexibility index (Phi) is 5.75. The molecule has 0 spiro atoms. The number of hydrogen-bond acceptors (Lipinski definition) is 2. The molecule has 1 unspecified atom stereocenters. The number of alkyl halides is 1. The highest BCUT2D eigenvalue weighted by Gasteiger charge is 2.05. The Morgan fingerprint density at radius 1 is 1.53 bits per heavy atom. The fraction of sp³-hybridized carbons (Fsp3) is 0.727. The molecule has 0 saturated carbocycles. The minimum atomic E-state index is 0.811. The maximum absolute atomic E-state index is 4.33. The standard InChI is InChI=1S/C11H19BrN2S/c1-9(4-6-12)5-7-15-11-8-10(2)13-14(11)3/h8-9H,4-7H2,1-3H3. The van der Waals surface area contributed by atoms with Gasteiger partial charge in [-0.15, -0.1) is 11.8 Å². The zero-order valence-electron chi connectivity index (χ0n) is 9.66. The molecule has 1 heterocycles. The van der Waals surface area contributed by atoms with Crippen LogP contribution in [0.4, 0.5) is 0 Å². The monoisotopic (exact) mass is 290 g/mol. The van der Waals surface area contributed by atoms with Crippen LogP contribution in [0.3, 0.4) is 0 Å². The molecule has 1 aromatic rings. The highest BCUT2D eigenvalue weighted by atomic mass is 79.9. The topological polar surface area (TPSA) is 17.8 Å². The van der Waals surface area contributed by atoms with E-state index in [4.69, 9.17) is 0 Å². The summed E-state index contributed by atoms with van der Waals surface area (Å²) in [6.07, 6.45) is 2.55. The van der Waals surface area contributed by atoms with E-state index in [9.17, 15) is 0 Å². The van der Waals surface area contributed by atoms with E-state index in [2.05, 4.69) is 34.0 Å². The third-order valence-electron chi connectivity index (χ3n) is 2.42. The van der Waals surface area contributed by atoms with Crippen LogP contribution < -0.4 is 0 Å². The first-order valence-corrected chi connectivity index (χ1v) is 7.43. The molecule has 2 nitrogen and oxygen atoms in total. The van der Waals surface area contributed by atoms with Gasteiger partial charge in [0.15, 0.2) is 0 Å². The second-order valence-electron chi connectivity index (χ2n) is 3.97. The summed E-state index contributed by atoms with van der Waals surface area (Å²) in [5.74, 6) is 2.00. The van der Waals surface area contributed by atoms with E-state index < -0.39 is 0 Å². The van der Waals surface area contributed by atoms with Gasteiger partial charge in [-0.05, 0) is 37.5 Å². The number of rotatable bonds is 6. The molecule has 0 aliphatic carbocycles. The smallest absolute Gasteiger partial charge is 0.0939 e. The van der Waals surface area contributed by atoms with E-state index in [0.29, 0.717) is 0 Å². The van der Waals surface area contributed by atoms with Gasteiger partial charge in [-0.25, -0.2) is 0 Å². The Morgan fingerprint density at radius 3 is 2.80 bits per heavy atom. The first-order chi connectivity index (χ1) is 7.13. The first kappa shape index (κ1) is 13.1. The Bertz CT molecular complexity index is 299. The molecule has 0 fully saturated rings. The molecule has 1 atom stereocenters. The van der Waals surface area contributed by atoms with Crippen molar-refractivity contribution in [1.29, 1.82) is 0 Å². The molecule has 86 valence electrons. The Morgan fingerprint density at radius 2 is 2.27 bits per heavy atom. The molecule has 1 rings (SSSR count). The summed E-state index contributed by atoms with van der Waals surface area (Å²) in [5.41, 5.74) is 1.11. The summed E-state index contributed by atoms with van der Waals surface area (Å²) in [5, 5.41) is 6.72. The van der Waals surface area contributed by atoms with Gasteiger partial charge in [0.1, 0.15) is 0 Å². The Balaban J connectivity index is 2.28. The summed E-state index contributed by atoms with van der Waals surface area (Å²) in [7, 11) is 2.01. The Hall–Kier alpha value is 0.0400. The van der Waals surface area contributed by atoms with Gasteiger partial charge < -0.3 is 0 Å². The number of hydrogen-bond donors (Lipinski definition) is 0. The molecule has 1 aromatic heterocycles. The lowest BCUT2D eigenvalue weighted by atomic mass is 10.1. The second-order valence-corrected chi connectivity index (χ2v) is 5.88. The van der Waals surface area contributed by atoms with Crippen molar-refractivity contribution in [2.75, 3.05) is 11.1 Å². The minimum Gasteiger partial charge on any atom is -0.262 e. The van der Waals surface area contributed by atoms with Crippen molar-refractivity contribution in [1.82, 2.24) is 9.78 Å². The molecule has 0 aliphatic rings. The van der Waals surface area contributed by atoms with E-state index >= 15 is 0 Å². The van der Waals surface area contributed by atoms with Gasteiger partial charge in [-0.2, -0.15) is 5.10 Å². The summed E-state index contributed by atoms with van der Waals surface area (Å²) in [6, 6.07) is 2.15. The zero-order valence-corrected chi connectivity index (χ0v) is 12.1. The quantitative estimate of drug-likeness (QED) is 0.588. The van der Waals surface area contributed by atoms with E-state index in [1.807, 2.05) is 30.4 Å². The normalized spacial score (nSPS) is 13.1. The number of aromatic nitrogens is 2. The molecule has 0 N–H and O–H groups in total. The summed E-state index contributed by atoms with van der Waals surface area (Å²) < 4.78 is 1.97. The summed E-state index contributed by atoms with van der Waals surface area (Å²) >= 11 is 5.39. The van der Waals surface area contributed by atoms with Gasteiger partial charge in [-0.3, -0.25) is 4.68 Å². The van der Waals surface area contributed by atoms with Crippen LogP contribution in [0.25, 0.3) is 0 Å². The van der Waals surface area contributed by atoms with Gasteiger partial charge in [0.05, 0.1) is 10.7 Å². The second kappa shape index (κ2) is 6.59. The van der Waals surface area contributed by atoms with E-state index in [0.717, 1.165) is 16.9 Å². The van der Waals surface area contributed by atoms with Crippen molar-refractivity contribution in [2.24, 2.45) is 13.0 Å². The van der Waals surface area contributed by atoms with E-state index in [1.165, 1.54) is 23.6 Å². The SMILES string of the molecule is Cc1cc(SCCC(C)CCBr)n(C)n1. The minimum absolute atomic E-state index is 0.811. The lowest BCUT2D eigenvalue weighted by Crippen LogP contribution is -1.98. The van der Waals surface area contributed by atoms with Gasteiger partial charge in [0, 0.05) is 12.4 Å². The Labute approximate surface area is 105 Å². The summed E-state index contributed by atoms with van der Waals surface area (Å²) in [4.78, 5) is 0. The highest BCUT2D eigenvalue weighted by Crippen LogP contribution is 2.21. The highest BCUT2D eigenvalue weighted by molar-refractivity contribution is 9.09. The third-order valence-corrected chi connectivity index (χ3v) is 4.00. The van der Waals surface area contributed by atoms with Crippen molar-refractivity contribution in [3.8, 4) is 0 Å². The molecular formula is C11H19BrN2S. The largest absolute Gasteiger partial charge is 0.262 e. The fourth-order valence-electron chi connectivity index (χ4n) is 1.42. The van der Waals surface area contributed by atoms with E-state index in [1.54, 1.807) is 0 Å². The average Bonchev–Trinajstić information content (AvgIpc) is 2.46. The van der Waals surface area contributed by atoms with Crippen LogP contribution >= 0.6 is 27.7 Å². The first-order valence-electron chi connectivity index (χ1n) is 5.33. The maximum atomic E-state index is 4.33. The molecule has 0 radical (unpaired) electrons. The zero-order chi connectivity index (χ0) is 11.3. The van der Waals surface area contributed by atoms with Crippen LogP contribution in [0.5, 0.6) is 0 Å². The lowest BCUT2D eigenvalue weighted by molar-refractivity contribution is 0.554. The van der Waals surface area contributed by atoms with Crippen LogP contribution in [0.2, 0.25) is 0 Å². The maximum Gasteiger partial charge on any atom is 0.0939 e. The molecule has 0 aliphatic heterocycles. The van der Waals surface area contributed by atoms with Crippen molar-refractivity contribution < 1.29 is 0 Å². The fourth-order valence-corrected chi connectivity index (χ4v) is 3.41. The third kappa shape index (κ3) is 4.60. The number of halogens is 1. The predicted molar refractivity (Wildman–Crippen MR) is 70.9 cm³/mol. The lowest BCUT2D eigenvalue weighted by Gasteiger charge is -2.08. The predicted octanol–water partition coefficient (Wildman–Crippen LogP) is 3.63.